The minimum absolute atomic E-state index is 0.174. The minimum atomic E-state index is -4.15. The summed E-state index contributed by atoms with van der Waals surface area (Å²) >= 11 is 0. The van der Waals surface area contributed by atoms with E-state index < -0.39 is 12.6 Å². The minimum Gasteiger partial charge on any atom is -0.357 e. The third-order valence-corrected chi connectivity index (χ3v) is 2.95. The molecule has 2 N–H and O–H groups in total. The highest BCUT2D eigenvalue weighted by Crippen LogP contribution is 2.18. The van der Waals surface area contributed by atoms with Crippen LogP contribution in [0.15, 0.2) is 11.1 Å². The van der Waals surface area contributed by atoms with Crippen LogP contribution in [0.1, 0.15) is 31.2 Å². The van der Waals surface area contributed by atoms with Crippen molar-refractivity contribution in [3.63, 3.8) is 0 Å². The van der Waals surface area contributed by atoms with E-state index >= 15 is 0 Å². The van der Waals surface area contributed by atoms with E-state index in [0.29, 0.717) is 19.0 Å². The van der Waals surface area contributed by atoms with Crippen molar-refractivity contribution in [2.24, 2.45) is 4.99 Å². The van der Waals surface area contributed by atoms with E-state index in [9.17, 15) is 13.2 Å². The van der Waals surface area contributed by atoms with Crippen LogP contribution >= 0.6 is 0 Å². The molecule has 0 aromatic carbocycles. The van der Waals surface area contributed by atoms with Crippen LogP contribution in [0.4, 0.5) is 13.2 Å². The summed E-state index contributed by atoms with van der Waals surface area (Å²) in [5, 5.41) is 9.97. The Morgan fingerprint density at radius 3 is 2.59 bits per heavy atom. The molecule has 126 valence electrons. The average molecular weight is 319 g/mol. The van der Waals surface area contributed by atoms with Crippen molar-refractivity contribution in [3.05, 3.63) is 17.5 Å². The van der Waals surface area contributed by atoms with E-state index in [4.69, 9.17) is 0 Å². The number of hydrogen-bond acceptors (Lipinski definition) is 2. The van der Waals surface area contributed by atoms with E-state index in [1.165, 1.54) is 0 Å². The summed E-state index contributed by atoms with van der Waals surface area (Å²) in [7, 11) is 0. The molecular weight excluding hydrogens is 295 g/mol. The van der Waals surface area contributed by atoms with Crippen molar-refractivity contribution in [2.75, 3.05) is 19.6 Å². The molecule has 0 atom stereocenters. The second-order valence-electron chi connectivity index (χ2n) is 5.06. The number of aromatic nitrogens is 2. The molecule has 0 amide bonds. The van der Waals surface area contributed by atoms with Crippen LogP contribution in [0.2, 0.25) is 0 Å². The smallest absolute Gasteiger partial charge is 0.357 e. The van der Waals surface area contributed by atoms with Crippen LogP contribution in [0.5, 0.6) is 0 Å². The molecule has 5 nitrogen and oxygen atoms in total. The molecule has 0 aliphatic carbocycles. The van der Waals surface area contributed by atoms with Crippen molar-refractivity contribution in [1.82, 2.24) is 20.4 Å². The normalized spacial score (nSPS) is 12.5. The average Bonchev–Trinajstić information content (AvgIpc) is 2.71. The zero-order valence-corrected chi connectivity index (χ0v) is 13.3. The standard InChI is InChI=1S/C14H24F3N5/c1-4-18-13(20-8-6-14(15,16)17)19-7-5-9-22-12(3)10-11(2)21-22/h10H,4-9H2,1-3H3,(H2,18,19,20). The van der Waals surface area contributed by atoms with E-state index in [1.54, 1.807) is 0 Å². The van der Waals surface area contributed by atoms with Gasteiger partial charge in [0.25, 0.3) is 0 Å². The molecule has 0 bridgehead atoms. The Morgan fingerprint density at radius 2 is 2.05 bits per heavy atom. The number of nitrogens with one attached hydrogen (secondary N) is 2. The third kappa shape index (κ3) is 7.33. The second-order valence-corrected chi connectivity index (χ2v) is 5.06. The molecular formula is C14H24F3N5. The summed E-state index contributed by atoms with van der Waals surface area (Å²) in [5.74, 6) is 0.417. The second kappa shape index (κ2) is 8.65. The lowest BCUT2D eigenvalue weighted by molar-refractivity contribution is -0.132. The monoisotopic (exact) mass is 319 g/mol. The molecule has 1 aromatic rings. The van der Waals surface area contributed by atoms with Gasteiger partial charge in [-0.25, -0.2) is 0 Å². The molecule has 0 radical (unpaired) electrons. The summed E-state index contributed by atoms with van der Waals surface area (Å²) in [4.78, 5) is 4.27. The number of nitrogens with zero attached hydrogens (tertiary/aromatic N) is 3. The first-order valence-electron chi connectivity index (χ1n) is 7.42. The topological polar surface area (TPSA) is 54.2 Å². The summed E-state index contributed by atoms with van der Waals surface area (Å²) in [6, 6.07) is 2.01. The van der Waals surface area contributed by atoms with Crippen LogP contribution in [0.3, 0.4) is 0 Å². The molecule has 0 aliphatic rings. The van der Waals surface area contributed by atoms with E-state index in [-0.39, 0.29) is 6.54 Å². The predicted octanol–water partition coefficient (Wildman–Crippen LogP) is 2.40. The Morgan fingerprint density at radius 1 is 1.32 bits per heavy atom. The van der Waals surface area contributed by atoms with E-state index in [0.717, 1.165) is 24.4 Å². The van der Waals surface area contributed by atoms with Gasteiger partial charge in [0.15, 0.2) is 5.96 Å². The molecule has 8 heteroatoms. The lowest BCUT2D eigenvalue weighted by Gasteiger charge is -2.12. The molecule has 0 saturated carbocycles. The number of guanidine groups is 1. The Labute approximate surface area is 129 Å². The van der Waals surface area contributed by atoms with Gasteiger partial charge in [0.05, 0.1) is 12.1 Å². The number of rotatable bonds is 7. The maximum Gasteiger partial charge on any atom is 0.390 e. The Balaban J connectivity index is 2.37. The van der Waals surface area contributed by atoms with Gasteiger partial charge in [-0.05, 0) is 33.3 Å². The highest BCUT2D eigenvalue weighted by molar-refractivity contribution is 5.79. The maximum absolute atomic E-state index is 12.1. The molecule has 1 aromatic heterocycles. The molecule has 22 heavy (non-hydrogen) atoms. The zero-order chi connectivity index (χ0) is 16.6. The van der Waals surface area contributed by atoms with Crippen molar-refractivity contribution < 1.29 is 13.2 Å². The molecule has 0 aliphatic heterocycles. The third-order valence-electron chi connectivity index (χ3n) is 2.95. The zero-order valence-electron chi connectivity index (χ0n) is 13.3. The predicted molar refractivity (Wildman–Crippen MR) is 81.0 cm³/mol. The van der Waals surface area contributed by atoms with Crippen molar-refractivity contribution >= 4 is 5.96 Å². The molecule has 0 saturated heterocycles. The largest absolute Gasteiger partial charge is 0.390 e. The Hall–Kier alpha value is -1.73. The first-order valence-corrected chi connectivity index (χ1v) is 7.42. The molecule has 0 fully saturated rings. The molecule has 1 rings (SSSR count). The van der Waals surface area contributed by atoms with Gasteiger partial charge >= 0.3 is 6.18 Å². The van der Waals surface area contributed by atoms with Crippen molar-refractivity contribution in [2.45, 2.75) is 46.3 Å². The van der Waals surface area contributed by atoms with Crippen molar-refractivity contribution in [1.29, 1.82) is 0 Å². The highest BCUT2D eigenvalue weighted by Gasteiger charge is 2.26. The summed E-state index contributed by atoms with van der Waals surface area (Å²) in [6.07, 6.45) is -4.25. The van der Waals surface area contributed by atoms with Gasteiger partial charge in [0.1, 0.15) is 0 Å². The quantitative estimate of drug-likeness (QED) is 0.461. The summed E-state index contributed by atoms with van der Waals surface area (Å²) < 4.78 is 38.3. The maximum atomic E-state index is 12.1. The van der Waals surface area contributed by atoms with Crippen LogP contribution < -0.4 is 10.6 Å². The first-order chi connectivity index (χ1) is 10.3. The number of halogens is 3. The Kier molecular flexibility index (Phi) is 7.20. The fraction of sp³-hybridized carbons (Fsp3) is 0.714. The first kappa shape index (κ1) is 18.3. The van der Waals surface area contributed by atoms with Gasteiger partial charge in [-0.15, -0.1) is 0 Å². The van der Waals surface area contributed by atoms with Gasteiger partial charge in [-0.2, -0.15) is 18.3 Å². The molecule has 0 unspecified atom stereocenters. The van der Waals surface area contributed by atoms with Gasteiger partial charge in [-0.1, -0.05) is 0 Å². The van der Waals surface area contributed by atoms with Crippen LogP contribution in [0.25, 0.3) is 0 Å². The summed E-state index contributed by atoms with van der Waals surface area (Å²) in [5.41, 5.74) is 2.07. The lowest BCUT2D eigenvalue weighted by Crippen LogP contribution is -2.39. The fourth-order valence-electron chi connectivity index (χ4n) is 1.98. The van der Waals surface area contributed by atoms with Crippen molar-refractivity contribution in [3.8, 4) is 0 Å². The Bertz CT molecular complexity index is 479. The van der Waals surface area contributed by atoms with Gasteiger partial charge < -0.3 is 10.6 Å². The SMILES string of the molecule is CCNC(=NCCCn1nc(C)cc1C)NCCC(F)(F)F. The molecule has 0 spiro atoms. The van der Waals surface area contributed by atoms with E-state index in [2.05, 4.69) is 20.7 Å². The number of aryl methyl sites for hydroxylation is 3. The van der Waals surface area contributed by atoms with E-state index in [1.807, 2.05) is 31.5 Å². The van der Waals surface area contributed by atoms with Crippen LogP contribution in [-0.2, 0) is 6.54 Å². The van der Waals surface area contributed by atoms with Gasteiger partial charge in [-0.3, -0.25) is 9.67 Å². The number of alkyl halides is 3. The van der Waals surface area contributed by atoms with Gasteiger partial charge in [0.2, 0.25) is 0 Å². The number of aliphatic imine (C=N–C) groups is 1. The van der Waals surface area contributed by atoms with Crippen LogP contribution in [0, 0.1) is 13.8 Å². The van der Waals surface area contributed by atoms with Crippen LogP contribution in [-0.4, -0.2) is 41.6 Å². The lowest BCUT2D eigenvalue weighted by atomic mass is 10.4. The van der Waals surface area contributed by atoms with Gasteiger partial charge in [0, 0.05) is 31.9 Å². The highest BCUT2D eigenvalue weighted by atomic mass is 19.4. The summed E-state index contributed by atoms with van der Waals surface area (Å²) in [6.45, 7) is 7.51. The molecule has 1 heterocycles. The number of hydrogen-bond donors (Lipinski definition) is 2. The fourth-order valence-corrected chi connectivity index (χ4v) is 1.98.